The first-order valence-electron chi connectivity index (χ1n) is 5.98. The zero-order valence-corrected chi connectivity index (χ0v) is 12.2. The standard InChI is InChI=1S/C14H15BrN2O2/c1-2-17(9-13-4-3-5-19-13)14(18)10-6-11(15)8-12(16)7-10/h3-8H,2,9,16H2,1H3. The smallest absolute Gasteiger partial charge is 0.254 e. The van der Waals surface area contributed by atoms with E-state index in [1.54, 1.807) is 29.4 Å². The molecular formula is C14H15BrN2O2. The average molecular weight is 323 g/mol. The van der Waals surface area contributed by atoms with Crippen LogP contribution in [0.15, 0.2) is 45.5 Å². The molecule has 0 aliphatic rings. The lowest BCUT2D eigenvalue weighted by Gasteiger charge is -2.20. The number of hydrogen-bond acceptors (Lipinski definition) is 3. The maximum Gasteiger partial charge on any atom is 0.254 e. The third kappa shape index (κ3) is 3.38. The Labute approximate surface area is 120 Å². The minimum Gasteiger partial charge on any atom is -0.467 e. The van der Waals surface area contributed by atoms with E-state index in [4.69, 9.17) is 10.2 Å². The van der Waals surface area contributed by atoms with Crippen molar-refractivity contribution in [3.05, 3.63) is 52.4 Å². The van der Waals surface area contributed by atoms with E-state index >= 15 is 0 Å². The summed E-state index contributed by atoms with van der Waals surface area (Å²) in [5, 5.41) is 0. The van der Waals surface area contributed by atoms with Gasteiger partial charge in [-0.1, -0.05) is 15.9 Å². The number of nitrogens with two attached hydrogens (primary N) is 1. The van der Waals surface area contributed by atoms with E-state index in [-0.39, 0.29) is 5.91 Å². The molecule has 2 rings (SSSR count). The van der Waals surface area contributed by atoms with Crippen LogP contribution in [0.2, 0.25) is 0 Å². The zero-order chi connectivity index (χ0) is 13.8. The summed E-state index contributed by atoms with van der Waals surface area (Å²) in [5.74, 6) is 0.699. The number of nitrogens with zero attached hydrogens (tertiary/aromatic N) is 1. The number of halogens is 1. The minimum atomic E-state index is -0.0631. The van der Waals surface area contributed by atoms with Crippen molar-refractivity contribution in [2.75, 3.05) is 12.3 Å². The van der Waals surface area contributed by atoms with Crippen LogP contribution in [0.25, 0.3) is 0 Å². The zero-order valence-electron chi connectivity index (χ0n) is 10.6. The van der Waals surface area contributed by atoms with E-state index in [2.05, 4.69) is 15.9 Å². The van der Waals surface area contributed by atoms with Crippen LogP contribution in [-0.4, -0.2) is 17.4 Å². The van der Waals surface area contributed by atoms with Crippen molar-refractivity contribution >= 4 is 27.5 Å². The van der Waals surface area contributed by atoms with E-state index in [1.165, 1.54) is 0 Å². The highest BCUT2D eigenvalue weighted by Crippen LogP contribution is 2.19. The number of hydrogen-bond donors (Lipinski definition) is 1. The summed E-state index contributed by atoms with van der Waals surface area (Å²) in [7, 11) is 0. The molecule has 2 aromatic rings. The molecule has 0 fully saturated rings. The third-order valence-electron chi connectivity index (χ3n) is 2.76. The van der Waals surface area contributed by atoms with Crippen LogP contribution in [0.4, 0.5) is 5.69 Å². The lowest BCUT2D eigenvalue weighted by molar-refractivity contribution is 0.0741. The molecule has 100 valence electrons. The molecule has 0 saturated carbocycles. The van der Waals surface area contributed by atoms with Gasteiger partial charge in [0.2, 0.25) is 0 Å². The van der Waals surface area contributed by atoms with Crippen LogP contribution in [0.3, 0.4) is 0 Å². The van der Waals surface area contributed by atoms with Gasteiger partial charge in [0.05, 0.1) is 12.8 Å². The van der Waals surface area contributed by atoms with Gasteiger partial charge in [-0.05, 0) is 37.3 Å². The molecule has 0 atom stereocenters. The van der Waals surface area contributed by atoms with Crippen LogP contribution in [0, 0.1) is 0 Å². The normalized spacial score (nSPS) is 10.4. The monoisotopic (exact) mass is 322 g/mol. The lowest BCUT2D eigenvalue weighted by atomic mass is 10.1. The van der Waals surface area contributed by atoms with Crippen LogP contribution in [-0.2, 0) is 6.54 Å². The molecule has 19 heavy (non-hydrogen) atoms. The highest BCUT2D eigenvalue weighted by atomic mass is 79.9. The van der Waals surface area contributed by atoms with Crippen molar-refractivity contribution in [2.24, 2.45) is 0 Å². The Morgan fingerprint density at radius 2 is 2.21 bits per heavy atom. The van der Waals surface area contributed by atoms with Crippen molar-refractivity contribution < 1.29 is 9.21 Å². The van der Waals surface area contributed by atoms with Gasteiger partial charge in [0.1, 0.15) is 5.76 Å². The molecule has 0 aliphatic heterocycles. The second-order valence-electron chi connectivity index (χ2n) is 4.17. The van der Waals surface area contributed by atoms with Gasteiger partial charge >= 0.3 is 0 Å². The SMILES string of the molecule is CCN(Cc1ccco1)C(=O)c1cc(N)cc(Br)c1. The minimum absolute atomic E-state index is 0.0631. The second kappa shape index (κ2) is 5.93. The summed E-state index contributed by atoms with van der Waals surface area (Å²) in [4.78, 5) is 14.1. The van der Waals surface area contributed by atoms with Gasteiger partial charge in [-0.2, -0.15) is 0 Å². The van der Waals surface area contributed by atoms with Gasteiger partial charge < -0.3 is 15.1 Å². The number of amides is 1. The van der Waals surface area contributed by atoms with Gasteiger partial charge in [0.15, 0.2) is 0 Å². The van der Waals surface area contributed by atoms with E-state index in [0.29, 0.717) is 24.3 Å². The van der Waals surface area contributed by atoms with E-state index in [0.717, 1.165) is 10.2 Å². The van der Waals surface area contributed by atoms with Crippen LogP contribution < -0.4 is 5.73 Å². The number of furan rings is 1. The second-order valence-corrected chi connectivity index (χ2v) is 5.09. The molecule has 0 spiro atoms. The Hall–Kier alpha value is -1.75. The summed E-state index contributed by atoms with van der Waals surface area (Å²) in [6, 6.07) is 8.87. The molecule has 1 aromatic carbocycles. The number of nitrogen functional groups attached to an aromatic ring is 1. The van der Waals surface area contributed by atoms with Crippen molar-refractivity contribution in [3.8, 4) is 0 Å². The fourth-order valence-electron chi connectivity index (χ4n) is 1.84. The number of anilines is 1. The fourth-order valence-corrected chi connectivity index (χ4v) is 2.35. The Balaban J connectivity index is 2.20. The Kier molecular flexibility index (Phi) is 4.27. The summed E-state index contributed by atoms with van der Waals surface area (Å²) >= 11 is 3.34. The van der Waals surface area contributed by atoms with Crippen LogP contribution in [0.5, 0.6) is 0 Å². The van der Waals surface area contributed by atoms with Crippen molar-refractivity contribution in [1.82, 2.24) is 4.90 Å². The molecule has 4 nitrogen and oxygen atoms in total. The highest BCUT2D eigenvalue weighted by molar-refractivity contribution is 9.10. The van der Waals surface area contributed by atoms with Crippen molar-refractivity contribution in [2.45, 2.75) is 13.5 Å². The van der Waals surface area contributed by atoms with Crippen molar-refractivity contribution in [3.63, 3.8) is 0 Å². The average Bonchev–Trinajstić information content (AvgIpc) is 2.86. The molecule has 2 N–H and O–H groups in total. The van der Waals surface area contributed by atoms with Gasteiger partial charge in [0.25, 0.3) is 5.91 Å². The predicted molar refractivity (Wildman–Crippen MR) is 77.7 cm³/mol. The first-order valence-corrected chi connectivity index (χ1v) is 6.77. The predicted octanol–water partition coefficient (Wildman–Crippen LogP) is 3.29. The van der Waals surface area contributed by atoms with E-state index in [1.807, 2.05) is 19.1 Å². The molecule has 1 heterocycles. The molecule has 1 aromatic heterocycles. The van der Waals surface area contributed by atoms with Crippen LogP contribution in [0.1, 0.15) is 23.0 Å². The number of rotatable bonds is 4. The number of carbonyl (C=O) groups excluding carboxylic acids is 1. The highest BCUT2D eigenvalue weighted by Gasteiger charge is 2.16. The lowest BCUT2D eigenvalue weighted by Crippen LogP contribution is -2.30. The summed E-state index contributed by atoms with van der Waals surface area (Å²) < 4.78 is 6.07. The molecule has 0 aliphatic carbocycles. The third-order valence-corrected chi connectivity index (χ3v) is 3.22. The molecule has 0 saturated heterocycles. The number of carbonyl (C=O) groups is 1. The molecule has 1 amide bonds. The molecule has 5 heteroatoms. The largest absolute Gasteiger partial charge is 0.467 e. The Morgan fingerprint density at radius 1 is 1.42 bits per heavy atom. The first-order chi connectivity index (χ1) is 9.10. The van der Waals surface area contributed by atoms with Gasteiger partial charge in [-0.3, -0.25) is 4.79 Å². The van der Waals surface area contributed by atoms with Crippen LogP contribution >= 0.6 is 15.9 Å². The fraction of sp³-hybridized carbons (Fsp3) is 0.214. The maximum atomic E-state index is 12.4. The molecule has 0 bridgehead atoms. The van der Waals surface area contributed by atoms with Gasteiger partial charge in [-0.25, -0.2) is 0 Å². The van der Waals surface area contributed by atoms with Gasteiger partial charge in [0, 0.05) is 22.3 Å². The quantitative estimate of drug-likeness (QED) is 0.879. The topological polar surface area (TPSA) is 59.5 Å². The molecular weight excluding hydrogens is 308 g/mol. The van der Waals surface area contributed by atoms with E-state index in [9.17, 15) is 4.79 Å². The summed E-state index contributed by atoms with van der Waals surface area (Å²) in [5.41, 5.74) is 6.89. The Bertz CT molecular complexity index is 547. The summed E-state index contributed by atoms with van der Waals surface area (Å²) in [6.45, 7) is 2.99. The maximum absolute atomic E-state index is 12.4. The molecule has 0 unspecified atom stereocenters. The number of benzene rings is 1. The van der Waals surface area contributed by atoms with E-state index < -0.39 is 0 Å². The molecule has 0 radical (unpaired) electrons. The Morgan fingerprint density at radius 3 is 2.79 bits per heavy atom. The van der Waals surface area contributed by atoms with Gasteiger partial charge in [-0.15, -0.1) is 0 Å². The first kappa shape index (κ1) is 13.7. The van der Waals surface area contributed by atoms with Crippen molar-refractivity contribution in [1.29, 1.82) is 0 Å². The summed E-state index contributed by atoms with van der Waals surface area (Å²) in [6.07, 6.45) is 1.60.